The van der Waals surface area contributed by atoms with Crippen LogP contribution in [0.15, 0.2) is 16.6 Å². The Morgan fingerprint density at radius 3 is 2.65 bits per heavy atom. The van der Waals surface area contributed by atoms with Crippen molar-refractivity contribution in [2.45, 2.75) is 13.3 Å². The fourth-order valence-corrected chi connectivity index (χ4v) is 1.65. The second-order valence-corrected chi connectivity index (χ2v) is 4.12. The van der Waals surface area contributed by atoms with E-state index in [9.17, 15) is 14.0 Å². The van der Waals surface area contributed by atoms with E-state index in [1.165, 1.54) is 6.07 Å². The van der Waals surface area contributed by atoms with E-state index in [0.717, 1.165) is 13.2 Å². The van der Waals surface area contributed by atoms with Gasteiger partial charge in [0.2, 0.25) is 5.91 Å². The fourth-order valence-electron chi connectivity index (χ4n) is 1.22. The van der Waals surface area contributed by atoms with Crippen molar-refractivity contribution in [1.82, 2.24) is 0 Å². The van der Waals surface area contributed by atoms with Crippen molar-refractivity contribution in [2.24, 2.45) is 0 Å². The molecule has 6 heteroatoms. The second-order valence-electron chi connectivity index (χ2n) is 3.20. The molecule has 1 rings (SSSR count). The van der Waals surface area contributed by atoms with Gasteiger partial charge in [-0.15, -0.1) is 0 Å². The molecular formula is C11H11BrFNO3. The van der Waals surface area contributed by atoms with E-state index in [0.29, 0.717) is 4.47 Å². The summed E-state index contributed by atoms with van der Waals surface area (Å²) in [5, 5.41) is 2.45. The minimum atomic E-state index is -0.832. The summed E-state index contributed by atoms with van der Waals surface area (Å²) < 4.78 is 18.5. The summed E-state index contributed by atoms with van der Waals surface area (Å²) in [6, 6.07) is 2.58. The molecule has 0 atom stereocenters. The van der Waals surface area contributed by atoms with Crippen molar-refractivity contribution < 1.29 is 18.7 Å². The van der Waals surface area contributed by atoms with Gasteiger partial charge in [-0.25, -0.2) is 9.18 Å². The fraction of sp³-hybridized carbons (Fsp3) is 0.273. The van der Waals surface area contributed by atoms with E-state index in [1.807, 2.05) is 0 Å². The number of carbonyl (C=O) groups is 2. The molecule has 1 aromatic carbocycles. The zero-order chi connectivity index (χ0) is 13.0. The molecule has 0 saturated heterocycles. The topological polar surface area (TPSA) is 55.4 Å². The summed E-state index contributed by atoms with van der Waals surface area (Å²) in [5.41, 5.74) is -0.187. The largest absolute Gasteiger partial charge is 0.465 e. The van der Waals surface area contributed by atoms with Gasteiger partial charge < -0.3 is 10.1 Å². The number of carbonyl (C=O) groups excluding carboxylic acids is 2. The van der Waals surface area contributed by atoms with E-state index in [2.05, 4.69) is 26.0 Å². The quantitative estimate of drug-likeness (QED) is 0.874. The zero-order valence-electron chi connectivity index (χ0n) is 9.34. The van der Waals surface area contributed by atoms with Crippen molar-refractivity contribution in [3.8, 4) is 0 Å². The lowest BCUT2D eigenvalue weighted by Crippen LogP contribution is -2.15. The van der Waals surface area contributed by atoms with Crippen LogP contribution in [-0.2, 0) is 9.53 Å². The van der Waals surface area contributed by atoms with Gasteiger partial charge in [0.25, 0.3) is 0 Å². The van der Waals surface area contributed by atoms with Crippen LogP contribution in [0.4, 0.5) is 10.1 Å². The van der Waals surface area contributed by atoms with Gasteiger partial charge in [0.1, 0.15) is 11.4 Å². The molecule has 0 spiro atoms. The van der Waals surface area contributed by atoms with E-state index in [-0.39, 0.29) is 23.6 Å². The molecule has 17 heavy (non-hydrogen) atoms. The number of anilines is 1. The molecule has 0 aromatic heterocycles. The zero-order valence-corrected chi connectivity index (χ0v) is 10.9. The highest BCUT2D eigenvalue weighted by Crippen LogP contribution is 2.25. The molecule has 0 saturated carbocycles. The highest BCUT2D eigenvalue weighted by molar-refractivity contribution is 9.10. The molecule has 1 N–H and O–H groups in total. The molecule has 4 nitrogen and oxygen atoms in total. The molecule has 0 heterocycles. The average Bonchev–Trinajstić information content (AvgIpc) is 2.27. The number of hydrogen-bond donors (Lipinski definition) is 1. The summed E-state index contributed by atoms with van der Waals surface area (Å²) in [4.78, 5) is 22.7. The third-order valence-corrected chi connectivity index (χ3v) is 2.50. The van der Waals surface area contributed by atoms with Crippen LogP contribution in [0, 0.1) is 5.82 Å². The molecular weight excluding hydrogens is 293 g/mol. The van der Waals surface area contributed by atoms with Crippen molar-refractivity contribution in [1.29, 1.82) is 0 Å². The van der Waals surface area contributed by atoms with Gasteiger partial charge in [-0.3, -0.25) is 4.79 Å². The highest BCUT2D eigenvalue weighted by Gasteiger charge is 2.19. The van der Waals surface area contributed by atoms with Gasteiger partial charge in [0.15, 0.2) is 0 Å². The minimum absolute atomic E-state index is 0.0931. The summed E-state index contributed by atoms with van der Waals surface area (Å²) in [6.07, 6.45) is 0.231. The maximum Gasteiger partial charge on any atom is 0.342 e. The summed E-state index contributed by atoms with van der Waals surface area (Å²) in [6.45, 7) is 1.65. The standard InChI is InChI=1S/C11H11BrFNO3/c1-3-9(15)14-8-5-6(12)4-7(13)10(8)11(16)17-2/h4-5H,3H2,1-2H3,(H,14,15). The van der Waals surface area contributed by atoms with Crippen molar-refractivity contribution in [3.05, 3.63) is 28.0 Å². The predicted octanol–water partition coefficient (Wildman–Crippen LogP) is 2.72. The minimum Gasteiger partial charge on any atom is -0.465 e. The Morgan fingerprint density at radius 1 is 1.47 bits per heavy atom. The van der Waals surface area contributed by atoms with Gasteiger partial charge >= 0.3 is 5.97 Å². The number of methoxy groups -OCH3 is 1. The van der Waals surface area contributed by atoms with Gasteiger partial charge in [-0.05, 0) is 12.1 Å². The Kier molecular flexibility index (Phi) is 4.62. The molecule has 0 fully saturated rings. The lowest BCUT2D eigenvalue weighted by molar-refractivity contribution is -0.115. The van der Waals surface area contributed by atoms with Gasteiger partial charge in [0.05, 0.1) is 12.8 Å². The first-order valence-corrected chi connectivity index (χ1v) is 5.66. The molecule has 0 aliphatic carbocycles. The number of amides is 1. The Bertz CT molecular complexity index is 462. The summed E-state index contributed by atoms with van der Waals surface area (Å²) in [5.74, 6) is -1.90. The number of rotatable bonds is 3. The Morgan fingerprint density at radius 2 is 2.12 bits per heavy atom. The Labute approximate surface area is 106 Å². The van der Waals surface area contributed by atoms with Crippen molar-refractivity contribution in [2.75, 3.05) is 12.4 Å². The molecule has 0 radical (unpaired) electrons. The third kappa shape index (κ3) is 3.26. The van der Waals surface area contributed by atoms with Crippen LogP contribution < -0.4 is 5.32 Å². The lowest BCUT2D eigenvalue weighted by Gasteiger charge is -2.10. The van der Waals surface area contributed by atoms with Crippen LogP contribution in [0.1, 0.15) is 23.7 Å². The number of halogens is 2. The molecule has 92 valence electrons. The Hall–Kier alpha value is -1.43. The molecule has 0 bridgehead atoms. The lowest BCUT2D eigenvalue weighted by atomic mass is 10.1. The van der Waals surface area contributed by atoms with E-state index < -0.39 is 11.8 Å². The normalized spacial score (nSPS) is 9.88. The SMILES string of the molecule is CCC(=O)Nc1cc(Br)cc(F)c1C(=O)OC. The Balaban J connectivity index is 3.25. The first kappa shape index (κ1) is 13.6. The van der Waals surface area contributed by atoms with E-state index in [1.54, 1.807) is 6.92 Å². The number of benzene rings is 1. The average molecular weight is 304 g/mol. The number of hydrogen-bond acceptors (Lipinski definition) is 3. The highest BCUT2D eigenvalue weighted by atomic mass is 79.9. The predicted molar refractivity (Wildman–Crippen MR) is 64.4 cm³/mol. The number of ether oxygens (including phenoxy) is 1. The smallest absolute Gasteiger partial charge is 0.342 e. The molecule has 0 aliphatic rings. The maximum atomic E-state index is 13.6. The van der Waals surface area contributed by atoms with Crippen LogP contribution in [-0.4, -0.2) is 19.0 Å². The maximum absolute atomic E-state index is 13.6. The molecule has 1 amide bonds. The number of nitrogens with one attached hydrogen (secondary N) is 1. The van der Waals surface area contributed by atoms with Crippen LogP contribution in [0.5, 0.6) is 0 Å². The summed E-state index contributed by atoms with van der Waals surface area (Å²) >= 11 is 3.09. The second kappa shape index (κ2) is 5.77. The molecule has 0 unspecified atom stereocenters. The van der Waals surface area contributed by atoms with Crippen LogP contribution in [0.2, 0.25) is 0 Å². The third-order valence-electron chi connectivity index (χ3n) is 2.04. The molecule has 0 aliphatic heterocycles. The van der Waals surface area contributed by atoms with Gasteiger partial charge in [0, 0.05) is 10.9 Å². The van der Waals surface area contributed by atoms with E-state index in [4.69, 9.17) is 0 Å². The van der Waals surface area contributed by atoms with Gasteiger partial charge in [-0.1, -0.05) is 22.9 Å². The van der Waals surface area contributed by atoms with Gasteiger partial charge in [-0.2, -0.15) is 0 Å². The number of esters is 1. The summed E-state index contributed by atoms with van der Waals surface area (Å²) in [7, 11) is 1.15. The first-order chi connectivity index (χ1) is 7.99. The van der Waals surface area contributed by atoms with Crippen LogP contribution in [0.25, 0.3) is 0 Å². The first-order valence-electron chi connectivity index (χ1n) is 4.86. The van der Waals surface area contributed by atoms with Crippen LogP contribution >= 0.6 is 15.9 Å². The van der Waals surface area contributed by atoms with E-state index >= 15 is 0 Å². The van der Waals surface area contributed by atoms with Crippen molar-refractivity contribution in [3.63, 3.8) is 0 Å². The van der Waals surface area contributed by atoms with Crippen LogP contribution in [0.3, 0.4) is 0 Å². The van der Waals surface area contributed by atoms with Crippen molar-refractivity contribution >= 4 is 33.5 Å². The monoisotopic (exact) mass is 303 g/mol. The molecule has 1 aromatic rings.